The minimum Gasteiger partial charge on any atom is -0.401 e. The van der Waals surface area contributed by atoms with Crippen LogP contribution in [0.25, 0.3) is 4.91 Å². The van der Waals surface area contributed by atoms with E-state index in [0.717, 1.165) is 34.3 Å². The van der Waals surface area contributed by atoms with Gasteiger partial charge in [0.15, 0.2) is 0 Å². The van der Waals surface area contributed by atoms with Gasteiger partial charge >= 0.3 is 0 Å². The minimum atomic E-state index is 0.908. The summed E-state index contributed by atoms with van der Waals surface area (Å²) in [5.41, 5.74) is 9.36. The Bertz CT molecular complexity index is 398. The molecule has 0 saturated heterocycles. The van der Waals surface area contributed by atoms with Gasteiger partial charge in [0.25, 0.3) is 0 Å². The molecule has 0 bridgehead atoms. The summed E-state index contributed by atoms with van der Waals surface area (Å²) < 4.78 is 1.08. The van der Waals surface area contributed by atoms with Crippen molar-refractivity contribution in [3.63, 3.8) is 0 Å². The van der Waals surface area contributed by atoms with E-state index >= 15 is 0 Å². The zero-order chi connectivity index (χ0) is 10.1. The number of benzene rings is 1. The molecule has 0 fully saturated rings. The van der Waals surface area contributed by atoms with Crippen LogP contribution in [0.1, 0.15) is 24.0 Å². The SMILES string of the molecule is NC1=C(S)c2cc(Br)ccc2CCC1. The quantitative estimate of drug-likeness (QED) is 0.695. The highest BCUT2D eigenvalue weighted by Gasteiger charge is 2.12. The Kier molecular flexibility index (Phi) is 2.88. The fourth-order valence-corrected chi connectivity index (χ4v) is 2.43. The van der Waals surface area contributed by atoms with Crippen molar-refractivity contribution in [2.75, 3.05) is 0 Å². The molecule has 0 atom stereocenters. The molecule has 0 radical (unpaired) electrons. The zero-order valence-electron chi connectivity index (χ0n) is 7.76. The first kappa shape index (κ1) is 10.1. The normalized spacial score (nSPS) is 16.4. The summed E-state index contributed by atoms with van der Waals surface area (Å²) in [7, 11) is 0. The second-order valence-corrected chi connectivity index (χ2v) is 4.89. The van der Waals surface area contributed by atoms with E-state index in [-0.39, 0.29) is 0 Å². The first-order valence-electron chi connectivity index (χ1n) is 4.65. The standard InChI is InChI=1S/C11H12BrNS/c12-8-5-4-7-2-1-3-10(13)11(14)9(7)6-8/h4-6,14H,1-3,13H2. The van der Waals surface area contributed by atoms with E-state index in [1.807, 2.05) is 0 Å². The molecule has 14 heavy (non-hydrogen) atoms. The molecule has 0 spiro atoms. The minimum absolute atomic E-state index is 0.908. The molecule has 0 saturated carbocycles. The van der Waals surface area contributed by atoms with Crippen LogP contribution in [-0.4, -0.2) is 0 Å². The van der Waals surface area contributed by atoms with Crippen molar-refractivity contribution in [3.05, 3.63) is 39.5 Å². The molecular formula is C11H12BrNS. The van der Waals surface area contributed by atoms with Gasteiger partial charge in [0.1, 0.15) is 0 Å². The maximum absolute atomic E-state index is 5.93. The lowest BCUT2D eigenvalue weighted by Crippen LogP contribution is -1.97. The molecule has 1 aliphatic rings. The Hall–Kier alpha value is -0.410. The number of halogens is 1. The number of aryl methyl sites for hydroxylation is 1. The van der Waals surface area contributed by atoms with Gasteiger partial charge in [-0.25, -0.2) is 0 Å². The summed E-state index contributed by atoms with van der Waals surface area (Å²) in [6.45, 7) is 0. The van der Waals surface area contributed by atoms with Crippen molar-refractivity contribution >= 4 is 33.5 Å². The summed E-state index contributed by atoms with van der Waals surface area (Å²) in [4.78, 5) is 0.943. The van der Waals surface area contributed by atoms with E-state index in [4.69, 9.17) is 5.73 Å². The first-order chi connectivity index (χ1) is 6.68. The summed E-state index contributed by atoms with van der Waals surface area (Å²) in [6, 6.07) is 6.31. The third kappa shape index (κ3) is 1.84. The second kappa shape index (κ2) is 3.99. The number of hydrogen-bond acceptors (Lipinski definition) is 2. The van der Waals surface area contributed by atoms with Gasteiger partial charge in [-0.05, 0) is 42.5 Å². The number of nitrogens with two attached hydrogens (primary N) is 1. The molecular weight excluding hydrogens is 258 g/mol. The van der Waals surface area contributed by atoms with Crippen LogP contribution in [0, 0.1) is 0 Å². The lowest BCUT2D eigenvalue weighted by molar-refractivity contribution is 0.817. The van der Waals surface area contributed by atoms with Gasteiger partial charge in [0.2, 0.25) is 0 Å². The van der Waals surface area contributed by atoms with Gasteiger partial charge in [0, 0.05) is 15.1 Å². The monoisotopic (exact) mass is 269 g/mol. The Morgan fingerprint density at radius 2 is 2.07 bits per heavy atom. The zero-order valence-corrected chi connectivity index (χ0v) is 10.2. The van der Waals surface area contributed by atoms with E-state index in [1.54, 1.807) is 0 Å². The highest BCUT2D eigenvalue weighted by Crippen LogP contribution is 2.32. The summed E-state index contributed by atoms with van der Waals surface area (Å²) in [5.74, 6) is 0. The maximum Gasteiger partial charge on any atom is 0.0304 e. The molecule has 1 nitrogen and oxygen atoms in total. The molecule has 74 valence electrons. The van der Waals surface area contributed by atoms with Crippen molar-refractivity contribution in [2.45, 2.75) is 19.3 Å². The number of fused-ring (bicyclic) bond motifs is 1. The van der Waals surface area contributed by atoms with Gasteiger partial charge < -0.3 is 5.73 Å². The number of rotatable bonds is 0. The van der Waals surface area contributed by atoms with E-state index in [9.17, 15) is 0 Å². The Morgan fingerprint density at radius 1 is 1.29 bits per heavy atom. The van der Waals surface area contributed by atoms with Crippen molar-refractivity contribution in [3.8, 4) is 0 Å². The van der Waals surface area contributed by atoms with Crippen LogP contribution in [0.3, 0.4) is 0 Å². The van der Waals surface area contributed by atoms with Gasteiger partial charge in [-0.1, -0.05) is 22.0 Å². The molecule has 0 aliphatic heterocycles. The third-order valence-corrected chi connectivity index (χ3v) is 3.54. The maximum atomic E-state index is 5.93. The lowest BCUT2D eigenvalue weighted by Gasteiger charge is -2.07. The van der Waals surface area contributed by atoms with E-state index in [2.05, 4.69) is 46.8 Å². The molecule has 2 rings (SSSR count). The molecule has 0 amide bonds. The van der Waals surface area contributed by atoms with E-state index in [0.29, 0.717) is 0 Å². The Morgan fingerprint density at radius 3 is 2.86 bits per heavy atom. The van der Waals surface area contributed by atoms with E-state index < -0.39 is 0 Å². The van der Waals surface area contributed by atoms with E-state index in [1.165, 1.54) is 11.1 Å². The molecule has 1 aromatic carbocycles. The summed E-state index contributed by atoms with van der Waals surface area (Å²) in [6.07, 6.45) is 3.16. The lowest BCUT2D eigenvalue weighted by atomic mass is 10.0. The molecule has 1 aromatic rings. The fourth-order valence-electron chi connectivity index (χ4n) is 1.75. The average Bonchev–Trinajstić information content (AvgIpc) is 2.30. The predicted molar refractivity (Wildman–Crippen MR) is 67.2 cm³/mol. The van der Waals surface area contributed by atoms with Crippen molar-refractivity contribution < 1.29 is 0 Å². The molecule has 0 heterocycles. The van der Waals surface area contributed by atoms with Crippen LogP contribution < -0.4 is 5.73 Å². The van der Waals surface area contributed by atoms with Gasteiger partial charge in [-0.3, -0.25) is 0 Å². The first-order valence-corrected chi connectivity index (χ1v) is 5.89. The average molecular weight is 270 g/mol. The predicted octanol–water partition coefficient (Wildman–Crippen LogP) is 3.34. The smallest absolute Gasteiger partial charge is 0.0304 e. The van der Waals surface area contributed by atoms with Crippen LogP contribution in [0.4, 0.5) is 0 Å². The number of hydrogen-bond donors (Lipinski definition) is 2. The number of allylic oxidation sites excluding steroid dienone is 1. The van der Waals surface area contributed by atoms with Crippen LogP contribution in [0.15, 0.2) is 28.4 Å². The summed E-state index contributed by atoms with van der Waals surface area (Å²) >= 11 is 7.95. The van der Waals surface area contributed by atoms with Crippen LogP contribution in [0.5, 0.6) is 0 Å². The van der Waals surface area contributed by atoms with Crippen molar-refractivity contribution in [1.82, 2.24) is 0 Å². The third-order valence-electron chi connectivity index (χ3n) is 2.52. The topological polar surface area (TPSA) is 26.0 Å². The van der Waals surface area contributed by atoms with Gasteiger partial charge in [-0.15, -0.1) is 12.6 Å². The highest BCUT2D eigenvalue weighted by atomic mass is 79.9. The Labute approximate surface area is 97.9 Å². The van der Waals surface area contributed by atoms with Crippen molar-refractivity contribution in [2.24, 2.45) is 5.73 Å². The van der Waals surface area contributed by atoms with Gasteiger partial charge in [0.05, 0.1) is 0 Å². The van der Waals surface area contributed by atoms with Crippen molar-refractivity contribution in [1.29, 1.82) is 0 Å². The largest absolute Gasteiger partial charge is 0.401 e. The number of thiol groups is 1. The van der Waals surface area contributed by atoms with Crippen LogP contribution in [-0.2, 0) is 6.42 Å². The second-order valence-electron chi connectivity index (χ2n) is 3.53. The fraction of sp³-hybridized carbons (Fsp3) is 0.273. The molecule has 0 unspecified atom stereocenters. The van der Waals surface area contributed by atoms with Crippen LogP contribution >= 0.6 is 28.6 Å². The molecule has 1 aliphatic carbocycles. The van der Waals surface area contributed by atoms with Gasteiger partial charge in [-0.2, -0.15) is 0 Å². The molecule has 0 aromatic heterocycles. The Balaban J connectivity index is 2.59. The molecule has 2 N–H and O–H groups in total. The summed E-state index contributed by atoms with van der Waals surface area (Å²) in [5, 5.41) is 0. The van der Waals surface area contributed by atoms with Crippen LogP contribution in [0.2, 0.25) is 0 Å². The highest BCUT2D eigenvalue weighted by molar-refractivity contribution is 9.10. The molecule has 3 heteroatoms.